The van der Waals surface area contributed by atoms with Gasteiger partial charge in [0.15, 0.2) is 0 Å². The Labute approximate surface area is 168 Å². The summed E-state index contributed by atoms with van der Waals surface area (Å²) < 4.78 is 10.6. The molecule has 0 atom stereocenters. The highest BCUT2D eigenvalue weighted by molar-refractivity contribution is 6.03. The van der Waals surface area contributed by atoms with Gasteiger partial charge in [0.1, 0.15) is 6.61 Å². The number of benzene rings is 1. The number of hydrogen-bond donors (Lipinski definition) is 1. The van der Waals surface area contributed by atoms with Crippen LogP contribution in [-0.2, 0) is 14.3 Å². The molecule has 6 heteroatoms. The third-order valence-corrected chi connectivity index (χ3v) is 4.14. The van der Waals surface area contributed by atoms with E-state index in [1.165, 1.54) is 0 Å². The molecule has 0 saturated carbocycles. The van der Waals surface area contributed by atoms with Crippen molar-refractivity contribution in [2.75, 3.05) is 43.1 Å². The maximum atomic E-state index is 12.6. The lowest BCUT2D eigenvalue weighted by molar-refractivity contribution is -0.123. The van der Waals surface area contributed by atoms with Crippen molar-refractivity contribution >= 4 is 23.3 Å². The van der Waals surface area contributed by atoms with E-state index in [1.807, 2.05) is 32.1 Å². The van der Waals surface area contributed by atoms with Gasteiger partial charge in [0.25, 0.3) is 5.91 Å². The van der Waals surface area contributed by atoms with E-state index in [9.17, 15) is 9.59 Å². The lowest BCUT2D eigenvalue weighted by Crippen LogP contribution is -2.35. The number of rotatable bonds is 14. The molecular weight excluding hydrogens is 356 g/mol. The summed E-state index contributed by atoms with van der Waals surface area (Å²) in [5.74, 6) is -0.611. The molecule has 0 bridgehead atoms. The molecule has 0 unspecified atom stereocenters. The van der Waals surface area contributed by atoms with Crippen molar-refractivity contribution in [2.24, 2.45) is 0 Å². The first-order valence-corrected chi connectivity index (χ1v) is 10.1. The lowest BCUT2D eigenvalue weighted by atomic mass is 10.1. The van der Waals surface area contributed by atoms with Crippen molar-refractivity contribution in [2.45, 2.75) is 46.5 Å². The summed E-state index contributed by atoms with van der Waals surface area (Å²) in [6, 6.07) is 5.39. The number of carbonyl (C=O) groups excluding carboxylic acids is 2. The van der Waals surface area contributed by atoms with Crippen molar-refractivity contribution < 1.29 is 19.1 Å². The van der Waals surface area contributed by atoms with Crippen LogP contribution < -0.4 is 10.2 Å². The second kappa shape index (κ2) is 13.8. The third kappa shape index (κ3) is 7.72. The van der Waals surface area contributed by atoms with Crippen LogP contribution in [0.1, 0.15) is 56.8 Å². The highest BCUT2D eigenvalue weighted by atomic mass is 16.5. The average molecular weight is 391 g/mol. The van der Waals surface area contributed by atoms with Crippen LogP contribution in [0.2, 0.25) is 0 Å². The molecule has 1 N–H and O–H groups in total. The first kappa shape index (κ1) is 23.7. The minimum atomic E-state index is -0.434. The first-order valence-electron chi connectivity index (χ1n) is 10.1. The normalized spacial score (nSPS) is 10.4. The molecule has 0 spiro atoms. The quantitative estimate of drug-likeness (QED) is 0.289. The van der Waals surface area contributed by atoms with E-state index in [1.54, 1.807) is 17.9 Å². The monoisotopic (exact) mass is 390 g/mol. The molecule has 0 aliphatic carbocycles. The minimum absolute atomic E-state index is 0.0108. The van der Waals surface area contributed by atoms with Crippen LogP contribution in [0.3, 0.4) is 0 Å². The maximum absolute atomic E-state index is 12.6. The third-order valence-electron chi connectivity index (χ3n) is 4.14. The van der Waals surface area contributed by atoms with Crippen molar-refractivity contribution in [1.82, 2.24) is 0 Å². The Morgan fingerprint density at radius 1 is 1.21 bits per heavy atom. The van der Waals surface area contributed by atoms with Crippen molar-refractivity contribution in [1.29, 1.82) is 0 Å². The number of allylic oxidation sites excluding steroid dienone is 1. The topological polar surface area (TPSA) is 67.9 Å². The maximum Gasteiger partial charge on any atom is 0.340 e. The van der Waals surface area contributed by atoms with Gasteiger partial charge in [0.05, 0.1) is 17.9 Å². The van der Waals surface area contributed by atoms with Gasteiger partial charge < -0.3 is 19.7 Å². The van der Waals surface area contributed by atoms with Gasteiger partial charge >= 0.3 is 5.97 Å². The van der Waals surface area contributed by atoms with Gasteiger partial charge in [-0.3, -0.25) is 4.79 Å². The number of amides is 1. The van der Waals surface area contributed by atoms with Crippen LogP contribution in [0.4, 0.5) is 11.4 Å². The number of carbonyl (C=O) groups is 2. The van der Waals surface area contributed by atoms with Gasteiger partial charge in [0.2, 0.25) is 0 Å². The molecule has 0 aromatic heterocycles. The van der Waals surface area contributed by atoms with E-state index < -0.39 is 5.97 Å². The Hall–Kier alpha value is -2.34. The molecule has 0 heterocycles. The molecule has 156 valence electrons. The second-order valence-electron chi connectivity index (χ2n) is 6.35. The zero-order chi connectivity index (χ0) is 20.8. The Morgan fingerprint density at radius 3 is 2.64 bits per heavy atom. The fraction of sp³-hybridized carbons (Fsp3) is 0.545. The van der Waals surface area contributed by atoms with Gasteiger partial charge in [-0.1, -0.05) is 13.0 Å². The fourth-order valence-corrected chi connectivity index (χ4v) is 2.76. The van der Waals surface area contributed by atoms with Gasteiger partial charge in [-0.05, 0) is 57.7 Å². The molecule has 1 aromatic rings. The van der Waals surface area contributed by atoms with E-state index in [4.69, 9.17) is 9.47 Å². The minimum Gasteiger partial charge on any atom is -0.462 e. The van der Waals surface area contributed by atoms with Gasteiger partial charge in [-0.25, -0.2) is 4.79 Å². The summed E-state index contributed by atoms with van der Waals surface area (Å²) in [6.45, 7) is 11.4. The predicted molar refractivity (Wildman–Crippen MR) is 114 cm³/mol. The van der Waals surface area contributed by atoms with Gasteiger partial charge in [0, 0.05) is 25.4 Å². The number of unbranched alkanes of at least 4 members (excludes halogenated alkanes) is 2. The number of hydrogen-bond acceptors (Lipinski definition) is 5. The van der Waals surface area contributed by atoms with E-state index >= 15 is 0 Å². The van der Waals surface area contributed by atoms with Gasteiger partial charge in [-0.2, -0.15) is 0 Å². The summed E-state index contributed by atoms with van der Waals surface area (Å²) in [7, 11) is 0. The standard InChI is InChI=1S/C22H34N2O4/c1-5-9-10-11-14-23-18-12-13-19(22(26)28-8-4)20(16-18)24(7-3)21(25)17-27-15-6-2/h5,12-13,16,23H,1,6-11,14-15,17H2,2-4H3. The van der Waals surface area contributed by atoms with Crippen molar-refractivity contribution in [3.05, 3.63) is 36.4 Å². The highest BCUT2D eigenvalue weighted by Crippen LogP contribution is 2.26. The van der Waals surface area contributed by atoms with Crippen LogP contribution in [0, 0.1) is 0 Å². The SMILES string of the molecule is C=CCCCCNc1ccc(C(=O)OCC)c(N(CC)C(=O)COCCC)c1. The Morgan fingerprint density at radius 2 is 2.00 bits per heavy atom. The zero-order valence-electron chi connectivity index (χ0n) is 17.5. The molecule has 0 aliphatic rings. The molecule has 0 aliphatic heterocycles. The van der Waals surface area contributed by atoms with E-state index in [0.717, 1.165) is 37.9 Å². The van der Waals surface area contributed by atoms with E-state index in [0.29, 0.717) is 24.4 Å². The number of nitrogens with one attached hydrogen (secondary N) is 1. The van der Waals surface area contributed by atoms with Crippen LogP contribution >= 0.6 is 0 Å². The molecule has 1 rings (SSSR count). The molecule has 6 nitrogen and oxygen atoms in total. The number of anilines is 2. The summed E-state index contributed by atoms with van der Waals surface area (Å²) in [5.41, 5.74) is 1.79. The van der Waals surface area contributed by atoms with Crippen LogP contribution in [0.25, 0.3) is 0 Å². The Kier molecular flexibility index (Phi) is 11.7. The molecule has 28 heavy (non-hydrogen) atoms. The first-order chi connectivity index (χ1) is 13.6. The van der Waals surface area contributed by atoms with Crippen LogP contribution in [0.5, 0.6) is 0 Å². The van der Waals surface area contributed by atoms with Gasteiger partial charge in [-0.15, -0.1) is 6.58 Å². The number of likely N-dealkylation sites (N-methyl/N-ethyl adjacent to an activating group) is 1. The summed E-state index contributed by atoms with van der Waals surface area (Å²) >= 11 is 0. The summed E-state index contributed by atoms with van der Waals surface area (Å²) in [6.07, 6.45) is 5.84. The summed E-state index contributed by atoms with van der Waals surface area (Å²) in [4.78, 5) is 26.6. The largest absolute Gasteiger partial charge is 0.462 e. The average Bonchev–Trinajstić information content (AvgIpc) is 2.69. The second-order valence-corrected chi connectivity index (χ2v) is 6.35. The molecule has 0 fully saturated rings. The van der Waals surface area contributed by atoms with Crippen molar-refractivity contribution in [3.63, 3.8) is 0 Å². The molecule has 1 amide bonds. The Balaban J connectivity index is 3.02. The number of ether oxygens (including phenoxy) is 2. The molecular formula is C22H34N2O4. The molecule has 0 saturated heterocycles. The fourth-order valence-electron chi connectivity index (χ4n) is 2.76. The summed E-state index contributed by atoms with van der Waals surface area (Å²) in [5, 5.41) is 3.36. The number of nitrogens with zero attached hydrogens (tertiary/aromatic N) is 1. The van der Waals surface area contributed by atoms with E-state index in [-0.39, 0.29) is 19.1 Å². The molecule has 1 aromatic carbocycles. The zero-order valence-corrected chi connectivity index (χ0v) is 17.5. The Bertz CT molecular complexity index is 631. The van der Waals surface area contributed by atoms with Crippen LogP contribution in [-0.4, -0.2) is 44.8 Å². The van der Waals surface area contributed by atoms with E-state index in [2.05, 4.69) is 11.9 Å². The molecule has 0 radical (unpaired) electrons. The van der Waals surface area contributed by atoms with Crippen molar-refractivity contribution in [3.8, 4) is 0 Å². The highest BCUT2D eigenvalue weighted by Gasteiger charge is 2.22. The number of esters is 1. The predicted octanol–water partition coefficient (Wildman–Crippen LogP) is 4.41. The lowest BCUT2D eigenvalue weighted by Gasteiger charge is -2.24. The van der Waals surface area contributed by atoms with Crippen LogP contribution in [0.15, 0.2) is 30.9 Å². The smallest absolute Gasteiger partial charge is 0.340 e.